The third-order valence-electron chi connectivity index (χ3n) is 3.87. The van der Waals surface area contributed by atoms with Gasteiger partial charge in [-0.3, -0.25) is 4.79 Å². The largest absolute Gasteiger partial charge is 0.428 e. The summed E-state index contributed by atoms with van der Waals surface area (Å²) >= 11 is 3.01. The van der Waals surface area contributed by atoms with Gasteiger partial charge in [-0.05, 0) is 42.8 Å². The predicted octanol–water partition coefficient (Wildman–Crippen LogP) is 4.04. The van der Waals surface area contributed by atoms with Crippen LogP contribution in [0, 0.1) is 4.91 Å². The maximum Gasteiger partial charge on any atom is 0.326 e. The summed E-state index contributed by atoms with van der Waals surface area (Å²) in [4.78, 5) is 23.6. The van der Waals surface area contributed by atoms with Gasteiger partial charge < -0.3 is 4.74 Å². The molecule has 126 valence electrons. The van der Waals surface area contributed by atoms with E-state index in [1.807, 2.05) is 24.3 Å². The average Bonchev–Trinajstić information content (AvgIpc) is 2.60. The van der Waals surface area contributed by atoms with Crippen LogP contribution in [0.15, 0.2) is 51.3 Å². The van der Waals surface area contributed by atoms with E-state index >= 15 is 0 Å². The number of nitrogens with one attached hydrogen (secondary N) is 1. The van der Waals surface area contributed by atoms with Gasteiger partial charge in [-0.25, -0.2) is 0 Å². The Bertz CT molecular complexity index is 757. The maximum absolute atomic E-state index is 12.3. The molecule has 0 bridgehead atoms. The molecular weight excluding hydrogens is 344 g/mol. The minimum absolute atomic E-state index is 0.404. The lowest BCUT2D eigenvalue weighted by atomic mass is 10.0. The van der Waals surface area contributed by atoms with Gasteiger partial charge in [0.25, 0.3) is 6.47 Å². The third kappa shape index (κ3) is 4.42. The Morgan fingerprint density at radius 1 is 1.12 bits per heavy atom. The summed E-state index contributed by atoms with van der Waals surface area (Å²) in [5.74, 6) is 0.476. The van der Waals surface area contributed by atoms with Gasteiger partial charge in [0.15, 0.2) is 4.54 Å². The molecule has 0 aliphatic heterocycles. The molecule has 7 heteroatoms. The van der Waals surface area contributed by atoms with Crippen molar-refractivity contribution in [3.8, 4) is 5.75 Å². The Morgan fingerprint density at radius 2 is 1.92 bits per heavy atom. The summed E-state index contributed by atoms with van der Waals surface area (Å²) in [5.41, 5.74) is 0. The number of rotatable bonds is 6. The highest BCUT2D eigenvalue weighted by Crippen LogP contribution is 2.35. The van der Waals surface area contributed by atoms with Crippen molar-refractivity contribution >= 4 is 30.0 Å². The molecule has 1 heterocycles. The van der Waals surface area contributed by atoms with E-state index in [9.17, 15) is 9.70 Å². The van der Waals surface area contributed by atoms with Crippen LogP contribution in [0.25, 0.3) is 0 Å². The molecule has 0 spiro atoms. The second-order valence-electron chi connectivity index (χ2n) is 5.58. The van der Waals surface area contributed by atoms with Crippen LogP contribution in [0.5, 0.6) is 5.75 Å². The van der Waals surface area contributed by atoms with Crippen LogP contribution in [-0.2, 0) is 4.79 Å². The molecule has 2 aromatic rings. The van der Waals surface area contributed by atoms with Crippen LogP contribution >= 0.6 is 23.5 Å². The van der Waals surface area contributed by atoms with E-state index in [4.69, 9.17) is 4.74 Å². The molecule has 1 saturated carbocycles. The molecular formula is C17H19N2O3S2+. The Morgan fingerprint density at radius 3 is 2.67 bits per heavy atom. The first-order valence-corrected chi connectivity index (χ1v) is 9.65. The number of benzene rings is 1. The fraction of sp³-hybridized carbons (Fsp3) is 0.353. The number of ether oxygens (including phenoxy) is 1. The average molecular weight is 363 g/mol. The van der Waals surface area contributed by atoms with Crippen molar-refractivity contribution in [2.24, 2.45) is 0 Å². The van der Waals surface area contributed by atoms with Crippen molar-refractivity contribution in [1.29, 1.82) is 0 Å². The molecule has 0 saturated heterocycles. The number of para-hydroxylation sites is 1. The molecule has 0 unspecified atom stereocenters. The van der Waals surface area contributed by atoms with Gasteiger partial charge >= 0.3 is 5.03 Å². The van der Waals surface area contributed by atoms with Crippen molar-refractivity contribution in [3.63, 3.8) is 0 Å². The van der Waals surface area contributed by atoms with E-state index in [0.717, 1.165) is 9.44 Å². The van der Waals surface area contributed by atoms with E-state index in [-0.39, 0.29) is 0 Å². The van der Waals surface area contributed by atoms with Gasteiger partial charge in [0.1, 0.15) is 10.8 Å². The Hall–Kier alpha value is -1.73. The first-order valence-electron chi connectivity index (χ1n) is 7.96. The minimum atomic E-state index is 0.404. The molecule has 1 aromatic carbocycles. The number of nitrogens with zero attached hydrogens (tertiary/aromatic N) is 1. The SMILES string of the molecule is O=COc1ccccc1Sc1ccc(SC2CCCCC2)[n+](=O)[nH]1. The van der Waals surface area contributed by atoms with Crippen LogP contribution in [0.4, 0.5) is 0 Å². The van der Waals surface area contributed by atoms with Gasteiger partial charge in [-0.2, -0.15) is 0 Å². The summed E-state index contributed by atoms with van der Waals surface area (Å²) in [6, 6.07) is 11.0. The Labute approximate surface area is 148 Å². The zero-order chi connectivity index (χ0) is 16.8. The fourth-order valence-corrected chi connectivity index (χ4v) is 4.77. The number of aromatic nitrogens is 2. The lowest BCUT2D eigenvalue weighted by molar-refractivity contribution is -0.609. The van der Waals surface area contributed by atoms with Crippen molar-refractivity contribution < 1.29 is 14.1 Å². The van der Waals surface area contributed by atoms with Crippen molar-refractivity contribution in [1.82, 2.24) is 5.10 Å². The van der Waals surface area contributed by atoms with Crippen molar-refractivity contribution in [3.05, 3.63) is 41.3 Å². The second kappa shape index (κ2) is 8.39. The number of H-pyrrole nitrogens is 1. The van der Waals surface area contributed by atoms with Gasteiger partial charge in [-0.15, -0.1) is 5.10 Å². The van der Waals surface area contributed by atoms with Crippen LogP contribution in [0.1, 0.15) is 32.1 Å². The summed E-state index contributed by atoms with van der Waals surface area (Å²) in [7, 11) is 0. The number of carbonyl (C=O) groups excluding carboxylic acids is 1. The van der Waals surface area contributed by atoms with E-state index < -0.39 is 0 Å². The molecule has 0 atom stereocenters. The van der Waals surface area contributed by atoms with Gasteiger partial charge in [-0.1, -0.05) is 43.2 Å². The third-order valence-corrected chi connectivity index (χ3v) is 6.23. The predicted molar refractivity (Wildman–Crippen MR) is 94.1 cm³/mol. The van der Waals surface area contributed by atoms with Gasteiger partial charge in [0.2, 0.25) is 0 Å². The molecule has 1 aromatic heterocycles. The molecule has 1 aliphatic rings. The summed E-state index contributed by atoms with van der Waals surface area (Å²) in [6.45, 7) is 0.404. The number of hydrogen-bond donors (Lipinski definition) is 1. The Balaban J connectivity index is 1.73. The van der Waals surface area contributed by atoms with Gasteiger partial charge in [0, 0.05) is 11.3 Å². The Kier molecular flexibility index (Phi) is 5.98. The van der Waals surface area contributed by atoms with E-state index in [0.29, 0.717) is 27.5 Å². The highest BCUT2D eigenvalue weighted by Gasteiger charge is 2.21. The monoisotopic (exact) mass is 363 g/mol. The quantitative estimate of drug-likeness (QED) is 0.620. The van der Waals surface area contributed by atoms with E-state index in [1.165, 1.54) is 43.9 Å². The summed E-state index contributed by atoms with van der Waals surface area (Å²) < 4.78 is 5.78. The molecule has 0 amide bonds. The number of carbonyl (C=O) groups is 1. The van der Waals surface area contributed by atoms with Crippen LogP contribution in [0.3, 0.4) is 0 Å². The topological polar surface area (TPSA) is 65.1 Å². The normalized spacial score (nSPS) is 15.2. The molecule has 24 heavy (non-hydrogen) atoms. The maximum atomic E-state index is 12.3. The first-order chi connectivity index (χ1) is 11.8. The zero-order valence-electron chi connectivity index (χ0n) is 13.1. The highest BCUT2D eigenvalue weighted by molar-refractivity contribution is 8.00. The van der Waals surface area contributed by atoms with Crippen molar-refractivity contribution in [2.45, 2.75) is 52.3 Å². The first kappa shape index (κ1) is 17.1. The lowest BCUT2D eigenvalue weighted by Crippen LogP contribution is -2.24. The van der Waals surface area contributed by atoms with Gasteiger partial charge in [0.05, 0.1) is 9.80 Å². The zero-order valence-corrected chi connectivity index (χ0v) is 14.8. The highest BCUT2D eigenvalue weighted by atomic mass is 32.2. The molecule has 1 aliphatic carbocycles. The van der Waals surface area contributed by atoms with Crippen LogP contribution in [0.2, 0.25) is 0 Å². The smallest absolute Gasteiger partial charge is 0.326 e. The number of aromatic amines is 1. The van der Waals surface area contributed by atoms with Crippen LogP contribution in [-0.4, -0.2) is 16.8 Å². The summed E-state index contributed by atoms with van der Waals surface area (Å²) in [5, 5.41) is 4.77. The molecule has 3 rings (SSSR count). The lowest BCUT2D eigenvalue weighted by Gasteiger charge is -2.18. The molecule has 0 radical (unpaired) electrons. The van der Waals surface area contributed by atoms with E-state index in [1.54, 1.807) is 23.9 Å². The minimum Gasteiger partial charge on any atom is -0.428 e. The standard InChI is InChI=1S/C17H19N2O3S2/c20-12-22-14-8-4-5-9-15(14)24-16-10-11-17(19(21)18-16)23-13-6-2-1-3-7-13/h4-5,8-13H,1-3,6-7H2,(H,18,21)/q+1. The molecule has 1 N–H and O–H groups in total. The van der Waals surface area contributed by atoms with E-state index in [2.05, 4.69) is 5.10 Å². The van der Waals surface area contributed by atoms with Crippen molar-refractivity contribution in [2.75, 3.05) is 0 Å². The fourth-order valence-electron chi connectivity index (χ4n) is 2.71. The number of hydrogen-bond acceptors (Lipinski definition) is 5. The number of thioether (sulfide) groups is 1. The van der Waals surface area contributed by atoms with Crippen LogP contribution < -0.4 is 9.28 Å². The molecule has 1 fully saturated rings. The second-order valence-corrected chi connectivity index (χ2v) is 7.99. The molecule has 5 nitrogen and oxygen atoms in total. The summed E-state index contributed by atoms with van der Waals surface area (Å²) in [6.07, 6.45) is 6.16.